The number of hydrogen-bond donors (Lipinski definition) is 1. The molecule has 3 rings (SSSR count). The minimum absolute atomic E-state index is 0.0264. The molecule has 2 aliphatic rings. The number of nitrogens with one attached hydrogen (secondary N) is 1. The summed E-state index contributed by atoms with van der Waals surface area (Å²) in [5.41, 5.74) is 0. The van der Waals surface area contributed by atoms with Crippen LogP contribution in [0.5, 0.6) is 0 Å². The van der Waals surface area contributed by atoms with Crippen molar-refractivity contribution < 1.29 is 9.53 Å². The largest absolute Gasteiger partial charge is 0.466 e. The second kappa shape index (κ2) is 11.0. The first-order valence-electron chi connectivity index (χ1n) is 11.0. The first-order chi connectivity index (χ1) is 14.1. The zero-order valence-electron chi connectivity index (χ0n) is 18.1. The lowest BCUT2D eigenvalue weighted by atomic mass is 9.97. The number of nitrogens with zero attached hydrogens (tertiary/aromatic N) is 3. The van der Waals surface area contributed by atoms with Gasteiger partial charge in [-0.05, 0) is 63.1 Å². The fourth-order valence-electron chi connectivity index (χ4n) is 4.34. The van der Waals surface area contributed by atoms with E-state index in [4.69, 9.17) is 4.74 Å². The molecule has 0 bridgehead atoms. The van der Waals surface area contributed by atoms with E-state index in [1.54, 1.807) is 0 Å². The third-order valence-corrected chi connectivity index (χ3v) is 7.18. The topological polar surface area (TPSA) is 57.2 Å². The highest BCUT2D eigenvalue weighted by molar-refractivity contribution is 7.10. The van der Waals surface area contributed by atoms with Crippen LogP contribution in [0.3, 0.4) is 0 Å². The molecule has 29 heavy (non-hydrogen) atoms. The Morgan fingerprint density at radius 1 is 1.28 bits per heavy atom. The summed E-state index contributed by atoms with van der Waals surface area (Å²) in [6, 6.07) is 4.79. The maximum atomic E-state index is 12.0. The maximum Gasteiger partial charge on any atom is 0.309 e. The Balaban J connectivity index is 1.56. The number of thiophene rings is 1. The van der Waals surface area contributed by atoms with Crippen molar-refractivity contribution in [1.82, 2.24) is 15.1 Å². The molecule has 2 saturated heterocycles. The number of piperidine rings is 2. The average Bonchev–Trinajstić information content (AvgIpc) is 3.27. The predicted molar refractivity (Wildman–Crippen MR) is 119 cm³/mol. The summed E-state index contributed by atoms with van der Waals surface area (Å²) < 4.78 is 5.19. The van der Waals surface area contributed by atoms with Gasteiger partial charge in [0.15, 0.2) is 5.96 Å². The molecule has 1 N–H and O–H groups in total. The third-order valence-electron chi connectivity index (χ3n) is 6.21. The summed E-state index contributed by atoms with van der Waals surface area (Å²) in [6.45, 7) is 9.55. The number of carbonyl (C=O) groups excluding carboxylic acids is 1. The number of ether oxygens (including phenoxy) is 1. The Kier molecular flexibility index (Phi) is 8.36. The van der Waals surface area contributed by atoms with E-state index in [1.165, 1.54) is 17.7 Å². The molecule has 0 aliphatic carbocycles. The van der Waals surface area contributed by atoms with E-state index < -0.39 is 0 Å². The molecule has 7 heteroatoms. The van der Waals surface area contributed by atoms with Gasteiger partial charge in [0.1, 0.15) is 0 Å². The van der Waals surface area contributed by atoms with E-state index in [2.05, 4.69) is 44.5 Å². The van der Waals surface area contributed by atoms with Gasteiger partial charge in [-0.3, -0.25) is 14.7 Å². The maximum absolute atomic E-state index is 12.0. The summed E-state index contributed by atoms with van der Waals surface area (Å²) >= 11 is 1.84. The highest BCUT2D eigenvalue weighted by atomic mass is 32.1. The number of hydrogen-bond acceptors (Lipinski definition) is 5. The van der Waals surface area contributed by atoms with Crippen LogP contribution in [-0.4, -0.2) is 68.1 Å². The molecule has 1 atom stereocenters. The summed E-state index contributed by atoms with van der Waals surface area (Å²) in [7, 11) is 1.85. The fraction of sp³-hybridized carbons (Fsp3) is 0.727. The lowest BCUT2D eigenvalue weighted by Gasteiger charge is -2.38. The molecular weight excluding hydrogens is 384 g/mol. The number of guanidine groups is 1. The van der Waals surface area contributed by atoms with E-state index >= 15 is 0 Å². The van der Waals surface area contributed by atoms with E-state index in [0.717, 1.165) is 57.4 Å². The van der Waals surface area contributed by atoms with Crippen LogP contribution >= 0.6 is 11.3 Å². The summed E-state index contributed by atoms with van der Waals surface area (Å²) in [5.74, 6) is 1.75. The van der Waals surface area contributed by atoms with Crippen molar-refractivity contribution in [2.75, 3.05) is 46.4 Å². The molecule has 0 amide bonds. The van der Waals surface area contributed by atoms with Crippen molar-refractivity contribution in [2.24, 2.45) is 16.8 Å². The van der Waals surface area contributed by atoms with Crippen LogP contribution in [0.25, 0.3) is 0 Å². The third kappa shape index (κ3) is 5.95. The molecule has 162 valence electrons. The van der Waals surface area contributed by atoms with Crippen molar-refractivity contribution in [3.63, 3.8) is 0 Å². The number of carbonyl (C=O) groups is 1. The van der Waals surface area contributed by atoms with E-state index in [1.807, 2.05) is 25.3 Å². The molecule has 6 nitrogen and oxygen atoms in total. The fourth-order valence-corrected chi connectivity index (χ4v) is 5.20. The van der Waals surface area contributed by atoms with Gasteiger partial charge in [0.05, 0.1) is 18.6 Å². The molecule has 1 aromatic rings. The average molecular weight is 421 g/mol. The minimum atomic E-state index is -0.0489. The van der Waals surface area contributed by atoms with Crippen molar-refractivity contribution >= 4 is 23.3 Å². The first kappa shape index (κ1) is 22.1. The van der Waals surface area contributed by atoms with Crippen LogP contribution in [0.15, 0.2) is 22.5 Å². The van der Waals surface area contributed by atoms with Gasteiger partial charge >= 0.3 is 5.97 Å². The van der Waals surface area contributed by atoms with Gasteiger partial charge in [0.25, 0.3) is 0 Å². The lowest BCUT2D eigenvalue weighted by molar-refractivity contribution is -0.149. The standard InChI is InChI=1S/C22H36N4O2S/c1-4-28-21(27)18-9-13-26(14-10-18)22(23-3)24-16-19(20-6-5-15-29-20)25-11-7-17(2)8-12-25/h5-6,15,17-19H,4,7-14,16H2,1-3H3,(H,23,24). The van der Waals surface area contributed by atoms with Crippen LogP contribution in [0, 0.1) is 11.8 Å². The Morgan fingerprint density at radius 2 is 2.00 bits per heavy atom. The Labute approximate surface area is 179 Å². The van der Waals surface area contributed by atoms with Crippen molar-refractivity contribution in [3.8, 4) is 0 Å². The van der Waals surface area contributed by atoms with Gasteiger partial charge in [-0.1, -0.05) is 13.0 Å². The highest BCUT2D eigenvalue weighted by Gasteiger charge is 2.29. The van der Waals surface area contributed by atoms with Gasteiger partial charge in [0, 0.05) is 31.6 Å². The summed E-state index contributed by atoms with van der Waals surface area (Å²) in [4.78, 5) is 22.8. The van der Waals surface area contributed by atoms with Crippen molar-refractivity contribution in [2.45, 2.75) is 45.6 Å². The van der Waals surface area contributed by atoms with Gasteiger partial charge in [-0.25, -0.2) is 0 Å². The van der Waals surface area contributed by atoms with Gasteiger partial charge in [-0.2, -0.15) is 0 Å². The molecule has 1 aromatic heterocycles. The SMILES string of the molecule is CCOC(=O)C1CCN(C(=NC)NCC(c2cccs2)N2CCC(C)CC2)CC1. The summed E-state index contributed by atoms with van der Waals surface area (Å²) in [5, 5.41) is 5.80. The van der Waals surface area contributed by atoms with Crippen LogP contribution < -0.4 is 5.32 Å². The molecule has 1 unspecified atom stereocenters. The monoisotopic (exact) mass is 420 g/mol. The van der Waals surface area contributed by atoms with Crippen LogP contribution in [0.1, 0.15) is 50.4 Å². The number of esters is 1. The molecular formula is C22H36N4O2S. The predicted octanol–water partition coefficient (Wildman–Crippen LogP) is 3.37. The lowest BCUT2D eigenvalue weighted by Crippen LogP contribution is -2.49. The number of likely N-dealkylation sites (tertiary alicyclic amines) is 2. The van der Waals surface area contributed by atoms with Crippen LogP contribution in [-0.2, 0) is 9.53 Å². The molecule has 0 spiro atoms. The Hall–Kier alpha value is -1.60. The second-order valence-corrected chi connectivity index (χ2v) is 9.17. The van der Waals surface area contributed by atoms with E-state index in [-0.39, 0.29) is 11.9 Å². The second-order valence-electron chi connectivity index (χ2n) is 8.19. The summed E-state index contributed by atoms with van der Waals surface area (Å²) in [6.07, 6.45) is 4.21. The molecule has 0 aromatic carbocycles. The Morgan fingerprint density at radius 3 is 2.59 bits per heavy atom. The van der Waals surface area contributed by atoms with Crippen molar-refractivity contribution in [3.05, 3.63) is 22.4 Å². The molecule has 2 aliphatic heterocycles. The van der Waals surface area contributed by atoms with Gasteiger partial charge in [0.2, 0.25) is 0 Å². The molecule has 2 fully saturated rings. The van der Waals surface area contributed by atoms with Crippen LogP contribution in [0.4, 0.5) is 0 Å². The Bertz CT molecular complexity index is 648. The number of rotatable bonds is 6. The smallest absolute Gasteiger partial charge is 0.309 e. The zero-order valence-corrected chi connectivity index (χ0v) is 18.9. The zero-order chi connectivity index (χ0) is 20.6. The molecule has 0 radical (unpaired) electrons. The minimum Gasteiger partial charge on any atom is -0.466 e. The van der Waals surface area contributed by atoms with Gasteiger partial charge in [-0.15, -0.1) is 11.3 Å². The molecule has 0 saturated carbocycles. The van der Waals surface area contributed by atoms with Gasteiger partial charge < -0.3 is 15.0 Å². The first-order valence-corrected chi connectivity index (χ1v) is 11.9. The van der Waals surface area contributed by atoms with E-state index in [0.29, 0.717) is 12.6 Å². The number of aliphatic imine (C=N–C) groups is 1. The van der Waals surface area contributed by atoms with Crippen LogP contribution in [0.2, 0.25) is 0 Å². The quantitative estimate of drug-likeness (QED) is 0.434. The highest BCUT2D eigenvalue weighted by Crippen LogP contribution is 2.29. The van der Waals surface area contributed by atoms with E-state index in [9.17, 15) is 4.79 Å². The molecule has 3 heterocycles. The van der Waals surface area contributed by atoms with Crippen molar-refractivity contribution in [1.29, 1.82) is 0 Å². The normalized spacial score (nSPS) is 21.2.